The summed E-state index contributed by atoms with van der Waals surface area (Å²) in [6.07, 6.45) is 5.46. The van der Waals surface area contributed by atoms with E-state index < -0.39 is 0 Å². The van der Waals surface area contributed by atoms with Gasteiger partial charge in [0.05, 0.1) is 12.5 Å². The summed E-state index contributed by atoms with van der Waals surface area (Å²) >= 11 is 0. The highest BCUT2D eigenvalue weighted by molar-refractivity contribution is 5.75. The molecule has 12 heavy (non-hydrogen) atoms. The monoisotopic (exact) mass is 168 g/mol. The molecule has 3 nitrogen and oxygen atoms in total. The normalized spacial score (nSPS) is 39.4. The third kappa shape index (κ3) is 1.05. The van der Waals surface area contributed by atoms with Crippen LogP contribution in [0.5, 0.6) is 0 Å². The maximum Gasteiger partial charge on any atom is 0.310 e. The fourth-order valence-corrected chi connectivity index (χ4v) is 2.01. The highest BCUT2D eigenvalue weighted by Gasteiger charge is 2.43. The Bertz CT molecular complexity index is 222. The van der Waals surface area contributed by atoms with Crippen molar-refractivity contribution in [3.63, 3.8) is 0 Å². The summed E-state index contributed by atoms with van der Waals surface area (Å²) in [5.41, 5.74) is 0. The molecule has 1 saturated heterocycles. The van der Waals surface area contributed by atoms with Gasteiger partial charge >= 0.3 is 5.97 Å². The molecule has 0 aromatic heterocycles. The van der Waals surface area contributed by atoms with Gasteiger partial charge in [0, 0.05) is 5.92 Å². The highest BCUT2D eigenvalue weighted by Crippen LogP contribution is 2.36. The van der Waals surface area contributed by atoms with Crippen LogP contribution in [-0.4, -0.2) is 23.8 Å². The summed E-state index contributed by atoms with van der Waals surface area (Å²) < 4.78 is 5.03. The number of carbonyl (C=O) groups is 1. The van der Waals surface area contributed by atoms with Gasteiger partial charge in [-0.05, 0) is 12.8 Å². The Kier molecular flexibility index (Phi) is 1.89. The van der Waals surface area contributed by atoms with Gasteiger partial charge in [0.25, 0.3) is 0 Å². The van der Waals surface area contributed by atoms with E-state index in [9.17, 15) is 4.79 Å². The molecule has 3 atom stereocenters. The predicted octanol–water partition coefficient (Wildman–Crippen LogP) is 0.486. The topological polar surface area (TPSA) is 46.5 Å². The predicted molar refractivity (Wildman–Crippen MR) is 42.3 cm³/mol. The minimum Gasteiger partial charge on any atom is -0.459 e. The van der Waals surface area contributed by atoms with Crippen molar-refractivity contribution < 1.29 is 14.6 Å². The van der Waals surface area contributed by atoms with Crippen molar-refractivity contribution in [1.82, 2.24) is 0 Å². The van der Waals surface area contributed by atoms with Crippen molar-refractivity contribution in [2.45, 2.75) is 18.9 Å². The van der Waals surface area contributed by atoms with Crippen molar-refractivity contribution in [2.24, 2.45) is 11.8 Å². The Balaban J connectivity index is 2.17. The van der Waals surface area contributed by atoms with E-state index in [0.717, 1.165) is 12.8 Å². The summed E-state index contributed by atoms with van der Waals surface area (Å²) in [5.74, 6) is 0.0862. The smallest absolute Gasteiger partial charge is 0.310 e. The number of carbonyl (C=O) groups excluding carboxylic acids is 1. The molecule has 0 bridgehead atoms. The molecule has 0 amide bonds. The minimum atomic E-state index is -0.257. The fourth-order valence-electron chi connectivity index (χ4n) is 2.01. The second kappa shape index (κ2) is 2.90. The number of ether oxygens (including phenoxy) is 1. The van der Waals surface area contributed by atoms with E-state index in [1.54, 1.807) is 0 Å². The summed E-state index contributed by atoms with van der Waals surface area (Å²) in [6.45, 7) is -0.0409. The number of hydrogen-bond donors (Lipinski definition) is 1. The van der Waals surface area contributed by atoms with Gasteiger partial charge in [-0.2, -0.15) is 0 Å². The van der Waals surface area contributed by atoms with Crippen molar-refractivity contribution in [2.75, 3.05) is 6.61 Å². The number of cyclic esters (lactones) is 1. The van der Waals surface area contributed by atoms with Crippen LogP contribution in [-0.2, 0) is 9.53 Å². The zero-order chi connectivity index (χ0) is 8.55. The van der Waals surface area contributed by atoms with Crippen LogP contribution >= 0.6 is 0 Å². The Labute approximate surface area is 71.0 Å². The maximum absolute atomic E-state index is 11.2. The van der Waals surface area contributed by atoms with E-state index in [2.05, 4.69) is 6.08 Å². The van der Waals surface area contributed by atoms with Crippen molar-refractivity contribution >= 4 is 5.97 Å². The van der Waals surface area contributed by atoms with Crippen LogP contribution in [0.3, 0.4) is 0 Å². The van der Waals surface area contributed by atoms with E-state index in [1.807, 2.05) is 6.08 Å². The van der Waals surface area contributed by atoms with Crippen LogP contribution in [0.2, 0.25) is 0 Å². The molecule has 2 aliphatic rings. The van der Waals surface area contributed by atoms with Gasteiger partial charge in [0.1, 0.15) is 6.10 Å². The van der Waals surface area contributed by atoms with Gasteiger partial charge in [-0.25, -0.2) is 0 Å². The lowest BCUT2D eigenvalue weighted by molar-refractivity contribution is -0.145. The molecule has 0 aromatic rings. The molecular weight excluding hydrogens is 156 g/mol. The van der Waals surface area contributed by atoms with Crippen molar-refractivity contribution in [1.29, 1.82) is 0 Å². The lowest BCUT2D eigenvalue weighted by atomic mass is 9.82. The van der Waals surface area contributed by atoms with Crippen LogP contribution in [0, 0.1) is 11.8 Å². The van der Waals surface area contributed by atoms with Crippen molar-refractivity contribution in [3.8, 4) is 0 Å². The van der Waals surface area contributed by atoms with Gasteiger partial charge in [-0.1, -0.05) is 12.2 Å². The quantitative estimate of drug-likeness (QED) is 0.457. The number of aliphatic hydroxyl groups excluding tert-OH is 1. The largest absolute Gasteiger partial charge is 0.459 e. The zero-order valence-corrected chi connectivity index (χ0v) is 6.77. The number of aliphatic hydroxyl groups is 1. The first kappa shape index (κ1) is 7.80. The molecule has 2 rings (SSSR count). The van der Waals surface area contributed by atoms with Crippen LogP contribution in [0.1, 0.15) is 12.8 Å². The zero-order valence-electron chi connectivity index (χ0n) is 6.77. The van der Waals surface area contributed by atoms with E-state index in [-0.39, 0.29) is 30.5 Å². The van der Waals surface area contributed by atoms with Crippen LogP contribution < -0.4 is 0 Å². The molecule has 1 N–H and O–H groups in total. The lowest BCUT2D eigenvalue weighted by Gasteiger charge is -2.19. The Hall–Kier alpha value is -0.830. The van der Waals surface area contributed by atoms with Crippen LogP contribution in [0.4, 0.5) is 0 Å². The van der Waals surface area contributed by atoms with Crippen LogP contribution in [0.15, 0.2) is 12.2 Å². The molecule has 3 heteroatoms. The lowest BCUT2D eigenvalue weighted by Crippen LogP contribution is -2.24. The average Bonchev–Trinajstić information content (AvgIpc) is 2.44. The minimum absolute atomic E-state index is 0.00662. The Morgan fingerprint density at radius 2 is 2.25 bits per heavy atom. The van der Waals surface area contributed by atoms with E-state index in [1.165, 1.54) is 0 Å². The second-order valence-electron chi connectivity index (χ2n) is 3.37. The number of rotatable bonds is 1. The van der Waals surface area contributed by atoms with Gasteiger partial charge in [0.2, 0.25) is 0 Å². The molecule has 0 spiro atoms. The third-order valence-corrected chi connectivity index (χ3v) is 2.71. The average molecular weight is 168 g/mol. The third-order valence-electron chi connectivity index (χ3n) is 2.71. The number of fused-ring (bicyclic) bond motifs is 1. The first-order valence-corrected chi connectivity index (χ1v) is 4.29. The molecule has 1 fully saturated rings. The molecule has 1 aliphatic carbocycles. The van der Waals surface area contributed by atoms with E-state index in [0.29, 0.717) is 0 Å². The number of hydrogen-bond acceptors (Lipinski definition) is 3. The molecular formula is C9H12O3. The summed E-state index contributed by atoms with van der Waals surface area (Å²) in [6, 6.07) is 0. The highest BCUT2D eigenvalue weighted by atomic mass is 16.6. The van der Waals surface area contributed by atoms with Gasteiger partial charge in [-0.3, -0.25) is 4.79 Å². The molecule has 0 saturated carbocycles. The summed E-state index contributed by atoms with van der Waals surface area (Å²) in [5, 5.41) is 8.92. The SMILES string of the molecule is O=C1O[C@H](CO)[C@H]2CC=CC[C@@H]12. The number of esters is 1. The second-order valence-corrected chi connectivity index (χ2v) is 3.37. The first-order chi connectivity index (χ1) is 5.83. The van der Waals surface area contributed by atoms with Gasteiger partial charge < -0.3 is 9.84 Å². The summed E-state index contributed by atoms with van der Waals surface area (Å²) in [4.78, 5) is 11.2. The first-order valence-electron chi connectivity index (χ1n) is 4.29. The molecule has 1 aliphatic heterocycles. The Morgan fingerprint density at radius 1 is 1.50 bits per heavy atom. The molecule has 0 aromatic carbocycles. The standard InChI is InChI=1S/C9H12O3/c10-5-8-6-3-1-2-4-7(6)9(11)12-8/h1-2,6-8,10H,3-5H2/t6-,7+,8+/m0/s1. The fraction of sp³-hybridized carbons (Fsp3) is 0.667. The molecule has 0 radical (unpaired) electrons. The van der Waals surface area contributed by atoms with E-state index >= 15 is 0 Å². The molecule has 66 valence electrons. The maximum atomic E-state index is 11.2. The Morgan fingerprint density at radius 3 is 3.00 bits per heavy atom. The van der Waals surface area contributed by atoms with Crippen molar-refractivity contribution in [3.05, 3.63) is 12.2 Å². The van der Waals surface area contributed by atoms with E-state index in [4.69, 9.17) is 9.84 Å². The van der Waals surface area contributed by atoms with Gasteiger partial charge in [-0.15, -0.1) is 0 Å². The molecule has 1 heterocycles. The van der Waals surface area contributed by atoms with Gasteiger partial charge in [0.15, 0.2) is 0 Å². The molecule has 0 unspecified atom stereocenters. The summed E-state index contributed by atoms with van der Waals surface area (Å²) in [7, 11) is 0. The van der Waals surface area contributed by atoms with Crippen LogP contribution in [0.25, 0.3) is 0 Å². The number of allylic oxidation sites excluding steroid dienone is 2.